The number of amides is 4. The SMILES string of the molecule is CCOC(=O)C1=C(C)C2[C@H]3C(=O)N(c4c(C)cc(C)cc4C)C(=O)[C@@H]3C1(C)[C@H]1C(=O)N(c3c(C)cc(C)cc3C)C(=O)[C@@H]21. The molecular formula is C35H38N2O6. The monoisotopic (exact) mass is 582 g/mol. The first-order valence-electron chi connectivity index (χ1n) is 15.0. The zero-order valence-corrected chi connectivity index (χ0v) is 26.2. The number of ether oxygens (including phenoxy) is 1. The molecule has 0 spiro atoms. The van der Waals surface area contributed by atoms with E-state index in [0.29, 0.717) is 16.9 Å². The Bertz CT molecular complexity index is 1570. The van der Waals surface area contributed by atoms with Gasteiger partial charge in [-0.15, -0.1) is 0 Å². The highest BCUT2D eigenvalue weighted by Gasteiger charge is 2.77. The largest absolute Gasteiger partial charge is 0.463 e. The van der Waals surface area contributed by atoms with Crippen LogP contribution in [0.2, 0.25) is 0 Å². The molecule has 2 aliphatic heterocycles. The molecule has 6 atom stereocenters. The molecule has 2 aromatic carbocycles. The molecule has 2 aromatic rings. The van der Waals surface area contributed by atoms with E-state index in [4.69, 9.17) is 4.74 Å². The number of rotatable bonds is 4. The molecule has 224 valence electrons. The van der Waals surface area contributed by atoms with E-state index in [-0.39, 0.29) is 24.0 Å². The van der Waals surface area contributed by atoms with Crippen LogP contribution in [-0.2, 0) is 28.7 Å². The molecule has 4 amide bonds. The number of hydrogen-bond acceptors (Lipinski definition) is 6. The van der Waals surface area contributed by atoms with Crippen molar-refractivity contribution in [2.45, 2.75) is 62.3 Å². The second-order valence-corrected chi connectivity index (χ2v) is 13.1. The molecule has 1 saturated carbocycles. The fourth-order valence-corrected chi connectivity index (χ4v) is 9.30. The van der Waals surface area contributed by atoms with Gasteiger partial charge in [-0.05, 0) is 77.6 Å². The van der Waals surface area contributed by atoms with Crippen LogP contribution >= 0.6 is 0 Å². The topological polar surface area (TPSA) is 101 Å². The second kappa shape index (κ2) is 9.46. The van der Waals surface area contributed by atoms with Gasteiger partial charge >= 0.3 is 5.97 Å². The molecule has 2 saturated heterocycles. The molecule has 43 heavy (non-hydrogen) atoms. The van der Waals surface area contributed by atoms with E-state index in [1.165, 1.54) is 9.80 Å². The third kappa shape index (κ3) is 3.58. The van der Waals surface area contributed by atoms with Gasteiger partial charge in [-0.25, -0.2) is 14.6 Å². The van der Waals surface area contributed by atoms with Crippen LogP contribution in [0.25, 0.3) is 0 Å². The lowest BCUT2D eigenvalue weighted by Crippen LogP contribution is -2.61. The smallest absolute Gasteiger partial charge is 0.334 e. The number of nitrogens with zero attached hydrogens (tertiary/aromatic N) is 2. The number of imide groups is 2. The van der Waals surface area contributed by atoms with Crippen molar-refractivity contribution < 1.29 is 28.7 Å². The van der Waals surface area contributed by atoms with Crippen LogP contribution in [0.1, 0.15) is 54.2 Å². The van der Waals surface area contributed by atoms with E-state index in [2.05, 4.69) is 0 Å². The first kappa shape index (κ1) is 29.0. The summed E-state index contributed by atoms with van der Waals surface area (Å²) in [6.07, 6.45) is 0. The van der Waals surface area contributed by atoms with Crippen LogP contribution in [0.5, 0.6) is 0 Å². The van der Waals surface area contributed by atoms with Gasteiger partial charge in [-0.3, -0.25) is 19.2 Å². The summed E-state index contributed by atoms with van der Waals surface area (Å²) in [7, 11) is 0. The summed E-state index contributed by atoms with van der Waals surface area (Å²) < 4.78 is 5.50. The number of aryl methyl sites for hydroxylation is 6. The van der Waals surface area contributed by atoms with E-state index in [9.17, 15) is 24.0 Å². The third-order valence-electron chi connectivity index (χ3n) is 10.4. The van der Waals surface area contributed by atoms with Gasteiger partial charge in [-0.2, -0.15) is 0 Å². The lowest BCUT2D eigenvalue weighted by atomic mass is 9.43. The number of hydrogen-bond donors (Lipinski definition) is 0. The van der Waals surface area contributed by atoms with Gasteiger partial charge in [0.2, 0.25) is 23.6 Å². The summed E-state index contributed by atoms with van der Waals surface area (Å²) in [6, 6.07) is 7.72. The maximum atomic E-state index is 14.6. The molecule has 3 fully saturated rings. The van der Waals surface area contributed by atoms with Crippen molar-refractivity contribution in [3.63, 3.8) is 0 Å². The van der Waals surface area contributed by atoms with Crippen molar-refractivity contribution in [2.75, 3.05) is 16.4 Å². The maximum absolute atomic E-state index is 14.6. The summed E-state index contributed by atoms with van der Waals surface area (Å²) in [5.41, 5.74) is 5.61. The maximum Gasteiger partial charge on any atom is 0.334 e. The minimum Gasteiger partial charge on any atom is -0.463 e. The summed E-state index contributed by atoms with van der Waals surface area (Å²) in [5.74, 6) is -6.80. The number of anilines is 2. The molecule has 0 N–H and O–H groups in total. The predicted octanol–water partition coefficient (Wildman–Crippen LogP) is 4.98. The van der Waals surface area contributed by atoms with E-state index in [1.807, 2.05) is 65.8 Å². The van der Waals surface area contributed by atoms with Gasteiger partial charge in [-0.1, -0.05) is 47.9 Å². The number of allylic oxidation sites excluding steroid dienone is 1. The zero-order chi connectivity index (χ0) is 31.4. The fraction of sp³-hybridized carbons (Fsp3) is 0.457. The molecule has 8 nitrogen and oxygen atoms in total. The van der Waals surface area contributed by atoms with Crippen molar-refractivity contribution >= 4 is 41.0 Å². The number of esters is 1. The number of benzene rings is 2. The summed E-state index contributed by atoms with van der Waals surface area (Å²) in [6.45, 7) is 16.7. The molecule has 2 heterocycles. The highest BCUT2D eigenvalue weighted by molar-refractivity contribution is 6.28. The van der Waals surface area contributed by atoms with Gasteiger partial charge in [0.15, 0.2) is 0 Å². The molecule has 0 aromatic heterocycles. The molecule has 2 bridgehead atoms. The minimum absolute atomic E-state index is 0.111. The Morgan fingerprint density at radius 3 is 1.40 bits per heavy atom. The van der Waals surface area contributed by atoms with Crippen molar-refractivity contribution in [2.24, 2.45) is 35.0 Å². The van der Waals surface area contributed by atoms with Gasteiger partial charge in [0.25, 0.3) is 0 Å². The number of carbonyl (C=O) groups is 5. The van der Waals surface area contributed by atoms with E-state index in [1.54, 1.807) is 20.8 Å². The van der Waals surface area contributed by atoms with Crippen LogP contribution in [0.4, 0.5) is 11.4 Å². The summed E-state index contributed by atoms with van der Waals surface area (Å²) in [4.78, 5) is 74.2. The van der Waals surface area contributed by atoms with E-state index in [0.717, 1.165) is 33.4 Å². The van der Waals surface area contributed by atoms with Crippen molar-refractivity contribution in [1.29, 1.82) is 0 Å². The van der Waals surface area contributed by atoms with Crippen LogP contribution in [-0.4, -0.2) is 36.2 Å². The van der Waals surface area contributed by atoms with Crippen molar-refractivity contribution in [3.05, 3.63) is 68.8 Å². The van der Waals surface area contributed by atoms with Crippen molar-refractivity contribution in [1.82, 2.24) is 0 Å². The second-order valence-electron chi connectivity index (χ2n) is 13.1. The Morgan fingerprint density at radius 2 is 1.05 bits per heavy atom. The van der Waals surface area contributed by atoms with Crippen LogP contribution in [0.3, 0.4) is 0 Å². The standard InChI is InChI=1S/C35H38N2O6/c1-10-43-34(42)25-21(8)22-23-26(32(40)36(30(23)38)28-17(4)11-15(2)12-18(28)5)35(25,9)27-24(22)31(39)37(33(27)41)29-19(6)13-16(3)14-20(29)7/h11-14,22-24,26-27H,10H2,1-9H3/t22?,23-,24+,26-,27-,35?/m1/s1. The molecule has 7 rings (SSSR count). The minimum atomic E-state index is -1.43. The Hall–Kier alpha value is -4.07. The van der Waals surface area contributed by atoms with Gasteiger partial charge in [0.1, 0.15) is 0 Å². The highest BCUT2D eigenvalue weighted by atomic mass is 16.5. The average Bonchev–Trinajstić information content (AvgIpc) is 3.30. The van der Waals surface area contributed by atoms with Crippen LogP contribution in [0, 0.1) is 76.5 Å². The Balaban J connectivity index is 1.57. The van der Waals surface area contributed by atoms with E-state index >= 15 is 0 Å². The first-order valence-corrected chi connectivity index (χ1v) is 15.0. The molecule has 5 aliphatic rings. The molecular weight excluding hydrogens is 544 g/mol. The lowest BCUT2D eigenvalue weighted by molar-refractivity contribution is -0.155. The van der Waals surface area contributed by atoms with Gasteiger partial charge in [0, 0.05) is 16.9 Å². The summed E-state index contributed by atoms with van der Waals surface area (Å²) in [5, 5.41) is 0. The van der Waals surface area contributed by atoms with E-state index < -0.39 is 52.8 Å². The zero-order valence-electron chi connectivity index (χ0n) is 26.2. The Morgan fingerprint density at radius 1 is 0.674 bits per heavy atom. The van der Waals surface area contributed by atoms with Gasteiger partial charge < -0.3 is 4.74 Å². The van der Waals surface area contributed by atoms with Crippen LogP contribution < -0.4 is 9.80 Å². The fourth-order valence-electron chi connectivity index (χ4n) is 9.30. The molecule has 2 unspecified atom stereocenters. The van der Waals surface area contributed by atoms with Crippen LogP contribution in [0.15, 0.2) is 35.4 Å². The normalized spacial score (nSPS) is 29.6. The molecule has 8 heteroatoms. The van der Waals surface area contributed by atoms with Gasteiger partial charge in [0.05, 0.1) is 41.7 Å². The lowest BCUT2D eigenvalue weighted by Gasteiger charge is -2.55. The molecule has 0 radical (unpaired) electrons. The average molecular weight is 583 g/mol. The third-order valence-corrected chi connectivity index (χ3v) is 10.4. The first-order chi connectivity index (χ1) is 20.2. The summed E-state index contributed by atoms with van der Waals surface area (Å²) >= 11 is 0. The predicted molar refractivity (Wildman–Crippen MR) is 161 cm³/mol. The molecule has 3 aliphatic carbocycles. The Labute approximate surface area is 252 Å². The Kier molecular flexibility index (Phi) is 6.39. The number of carbonyl (C=O) groups excluding carboxylic acids is 5. The van der Waals surface area contributed by atoms with Crippen molar-refractivity contribution in [3.8, 4) is 0 Å². The highest BCUT2D eigenvalue weighted by Crippen LogP contribution is 2.69. The quantitative estimate of drug-likeness (QED) is 0.373.